The van der Waals surface area contributed by atoms with Crippen LogP contribution in [0.1, 0.15) is 23.9 Å². The number of aryl methyl sites for hydroxylation is 2. The quantitative estimate of drug-likeness (QED) is 0.360. The van der Waals surface area contributed by atoms with Gasteiger partial charge in [0.15, 0.2) is 16.4 Å². The van der Waals surface area contributed by atoms with Crippen molar-refractivity contribution in [1.82, 2.24) is 24.6 Å². The Bertz CT molecular complexity index is 1680. The normalized spacial score (nSPS) is 19.0. The van der Waals surface area contributed by atoms with E-state index in [0.717, 1.165) is 22.6 Å². The maximum absolute atomic E-state index is 13.5. The number of hydrogen-bond acceptors (Lipinski definition) is 10. The van der Waals surface area contributed by atoms with Crippen molar-refractivity contribution in [2.45, 2.75) is 32.4 Å². The van der Waals surface area contributed by atoms with Gasteiger partial charge in [-0.2, -0.15) is 10.4 Å². The van der Waals surface area contributed by atoms with E-state index >= 15 is 0 Å². The molecule has 1 aromatic carbocycles. The molecule has 0 spiro atoms. The lowest BCUT2D eigenvalue weighted by Crippen LogP contribution is -2.56. The van der Waals surface area contributed by atoms with E-state index in [2.05, 4.69) is 17.0 Å². The van der Waals surface area contributed by atoms with Crippen LogP contribution >= 0.6 is 11.3 Å². The average molecular weight is 591 g/mol. The smallest absolute Gasteiger partial charge is 0.257 e. The zero-order chi connectivity index (χ0) is 29.6. The summed E-state index contributed by atoms with van der Waals surface area (Å²) < 4.78 is 20.7. The first-order valence-electron chi connectivity index (χ1n) is 13.9. The van der Waals surface area contributed by atoms with Gasteiger partial charge >= 0.3 is 0 Å². The number of fused-ring (bicyclic) bond motifs is 1. The van der Waals surface area contributed by atoms with Crippen molar-refractivity contribution >= 4 is 44.9 Å². The van der Waals surface area contributed by atoms with Crippen LogP contribution in [0.5, 0.6) is 0 Å². The molecule has 2 fully saturated rings. The highest BCUT2D eigenvalue weighted by Crippen LogP contribution is 2.39. The van der Waals surface area contributed by atoms with Gasteiger partial charge in [-0.1, -0.05) is 11.3 Å². The molecule has 0 unspecified atom stereocenters. The molecule has 2 aliphatic rings. The molecule has 5 heterocycles. The highest BCUT2D eigenvalue weighted by molar-refractivity contribution is 7.16. The number of anilines is 3. The lowest BCUT2D eigenvalue weighted by molar-refractivity contribution is -0.151. The first-order chi connectivity index (χ1) is 20.2. The van der Waals surface area contributed by atoms with Crippen LogP contribution in [0, 0.1) is 24.1 Å². The molecule has 1 atom stereocenters. The predicted octanol–water partition coefficient (Wildman–Crippen LogP) is 3.46. The molecule has 2 saturated heterocycles. The number of aliphatic hydroxyl groups is 1. The molecule has 1 amide bonds. The highest BCUT2D eigenvalue weighted by atomic mass is 32.1. The van der Waals surface area contributed by atoms with E-state index in [1.165, 1.54) is 23.5 Å². The van der Waals surface area contributed by atoms with Crippen LogP contribution in [0.25, 0.3) is 22.3 Å². The van der Waals surface area contributed by atoms with Gasteiger partial charge in [0, 0.05) is 51.8 Å². The maximum atomic E-state index is 13.5. The number of pyridine rings is 1. The molecule has 0 bridgehead atoms. The third-order valence-electron chi connectivity index (χ3n) is 7.91. The number of amides is 1. The number of carbonyl (C=O) groups excluding carboxylic acids is 1. The zero-order valence-electron chi connectivity index (χ0n) is 23.7. The molecule has 13 heteroatoms. The summed E-state index contributed by atoms with van der Waals surface area (Å²) in [6.07, 6.45) is 0.323. The largest absolute Gasteiger partial charge is 0.378 e. The second kappa shape index (κ2) is 10.9. The van der Waals surface area contributed by atoms with E-state index < -0.39 is 5.60 Å². The van der Waals surface area contributed by atoms with Crippen molar-refractivity contribution in [3.05, 3.63) is 46.7 Å². The summed E-state index contributed by atoms with van der Waals surface area (Å²) in [4.78, 5) is 28.8. The molecule has 0 saturated carbocycles. The summed E-state index contributed by atoms with van der Waals surface area (Å²) in [5.41, 5.74) is 2.14. The fourth-order valence-electron chi connectivity index (χ4n) is 5.61. The van der Waals surface area contributed by atoms with Crippen LogP contribution in [0.3, 0.4) is 0 Å². The van der Waals surface area contributed by atoms with Gasteiger partial charge in [-0.15, -0.1) is 0 Å². The fraction of sp³-hybridized carbons (Fsp3) is 0.414. The summed E-state index contributed by atoms with van der Waals surface area (Å²) in [5.74, 6) is 0.177. The number of thiazole rings is 1. The van der Waals surface area contributed by atoms with Crippen LogP contribution in [-0.2, 0) is 16.1 Å². The molecule has 11 nitrogen and oxygen atoms in total. The number of carbonyl (C=O) groups is 1. The first-order valence-corrected chi connectivity index (χ1v) is 14.7. The predicted molar refractivity (Wildman–Crippen MR) is 157 cm³/mol. The van der Waals surface area contributed by atoms with Gasteiger partial charge in [0.1, 0.15) is 28.3 Å². The summed E-state index contributed by atoms with van der Waals surface area (Å²) in [6, 6.07) is 10.3. The number of rotatable bonds is 6. The van der Waals surface area contributed by atoms with Gasteiger partial charge in [0.2, 0.25) is 0 Å². The van der Waals surface area contributed by atoms with E-state index in [9.17, 15) is 19.6 Å². The van der Waals surface area contributed by atoms with Gasteiger partial charge in [-0.05, 0) is 44.2 Å². The highest BCUT2D eigenvalue weighted by Gasteiger charge is 2.43. The standard InChI is InChI=1S/C29H31FN8O3S/c1-4-38-26(35(3)28-33-24(23(16-31)42-28)19-5-7-20(30)8-6-19)21-15-22(18(2)32-25(21)34-38)36-10-12-37(13-11-36)27(39)29(40)9-14-41-17-29/h5-8,15,40H,4,9-14,17H2,1-3H3/t29-/m1/s1. The first kappa shape index (κ1) is 28.0. The number of piperazine rings is 1. The molecule has 218 valence electrons. The third kappa shape index (κ3) is 4.85. The molecule has 6 rings (SSSR count). The Labute approximate surface area is 246 Å². The second-order valence-corrected chi connectivity index (χ2v) is 11.5. The molecular weight excluding hydrogens is 559 g/mol. The summed E-state index contributed by atoms with van der Waals surface area (Å²) in [6.45, 7) is 7.16. The maximum Gasteiger partial charge on any atom is 0.257 e. The van der Waals surface area contributed by atoms with E-state index in [0.29, 0.717) is 72.7 Å². The van der Waals surface area contributed by atoms with E-state index in [4.69, 9.17) is 19.8 Å². The zero-order valence-corrected chi connectivity index (χ0v) is 24.5. The lowest BCUT2D eigenvalue weighted by atomic mass is 10.0. The molecule has 0 aliphatic carbocycles. The molecule has 1 N–H and O–H groups in total. The van der Waals surface area contributed by atoms with Crippen molar-refractivity contribution in [1.29, 1.82) is 5.26 Å². The van der Waals surface area contributed by atoms with Crippen LogP contribution in [-0.4, -0.2) is 87.7 Å². The Balaban J connectivity index is 1.31. The van der Waals surface area contributed by atoms with Crippen molar-refractivity contribution in [3.8, 4) is 17.3 Å². The van der Waals surface area contributed by atoms with Crippen LogP contribution < -0.4 is 9.80 Å². The topological polar surface area (TPSA) is 124 Å². The Morgan fingerprint density at radius 2 is 1.98 bits per heavy atom. The molecule has 4 aromatic rings. The van der Waals surface area contributed by atoms with Crippen LogP contribution in [0.2, 0.25) is 0 Å². The Morgan fingerprint density at radius 1 is 1.24 bits per heavy atom. The molecule has 3 aromatic heterocycles. The van der Waals surface area contributed by atoms with Crippen LogP contribution in [0.15, 0.2) is 30.3 Å². The summed E-state index contributed by atoms with van der Waals surface area (Å²) in [7, 11) is 1.89. The van der Waals surface area contributed by atoms with Gasteiger partial charge < -0.3 is 24.5 Å². The SMILES string of the molecule is CCn1nc2nc(C)c(N3CCN(C(=O)[C@@]4(O)CCOC4)CC3)cc2c1N(C)c1nc(-c2ccc(F)cc2)c(C#N)s1. The van der Waals surface area contributed by atoms with E-state index in [1.807, 2.05) is 30.5 Å². The number of benzene rings is 1. The van der Waals surface area contributed by atoms with E-state index in [1.54, 1.807) is 17.0 Å². The molecule has 2 aliphatic heterocycles. The van der Waals surface area contributed by atoms with Gasteiger partial charge in [0.25, 0.3) is 5.91 Å². The van der Waals surface area contributed by atoms with Crippen molar-refractivity contribution in [3.63, 3.8) is 0 Å². The minimum absolute atomic E-state index is 0.0454. The lowest BCUT2D eigenvalue weighted by Gasteiger charge is -2.39. The number of hydrogen-bond donors (Lipinski definition) is 1. The van der Waals surface area contributed by atoms with E-state index in [-0.39, 0.29) is 18.3 Å². The number of aromatic nitrogens is 4. The monoisotopic (exact) mass is 590 g/mol. The van der Waals surface area contributed by atoms with Gasteiger partial charge in [-0.3, -0.25) is 4.79 Å². The number of halogens is 1. The number of nitrogens with zero attached hydrogens (tertiary/aromatic N) is 8. The average Bonchev–Trinajstić information content (AvgIpc) is 3.73. The van der Waals surface area contributed by atoms with Crippen LogP contribution in [0.4, 0.5) is 21.0 Å². The Hall–Kier alpha value is -4.12. The molecule has 42 heavy (non-hydrogen) atoms. The minimum atomic E-state index is -1.43. The molecule has 0 radical (unpaired) electrons. The Morgan fingerprint density at radius 3 is 2.62 bits per heavy atom. The Kier molecular flexibility index (Phi) is 7.30. The van der Waals surface area contributed by atoms with Crippen molar-refractivity contribution in [2.75, 3.05) is 56.2 Å². The van der Waals surface area contributed by atoms with Gasteiger partial charge in [-0.25, -0.2) is 19.0 Å². The van der Waals surface area contributed by atoms with Crippen molar-refractivity contribution in [2.24, 2.45) is 0 Å². The fourth-order valence-corrected chi connectivity index (χ4v) is 6.46. The third-order valence-corrected chi connectivity index (χ3v) is 8.95. The summed E-state index contributed by atoms with van der Waals surface area (Å²) >= 11 is 1.26. The number of ether oxygens (including phenoxy) is 1. The van der Waals surface area contributed by atoms with Gasteiger partial charge in [0.05, 0.1) is 30.0 Å². The molecular formula is C29H31FN8O3S. The summed E-state index contributed by atoms with van der Waals surface area (Å²) in [5, 5.41) is 26.7. The number of nitriles is 1. The second-order valence-electron chi connectivity index (χ2n) is 10.6. The minimum Gasteiger partial charge on any atom is -0.378 e. The van der Waals surface area contributed by atoms with Crippen molar-refractivity contribution < 1.29 is 19.0 Å².